The predicted octanol–water partition coefficient (Wildman–Crippen LogP) is 4.42. The van der Waals surface area contributed by atoms with E-state index in [4.69, 9.17) is 0 Å². The molecule has 168 valence electrons. The maximum Gasteiger partial charge on any atom is 0.243 e. The van der Waals surface area contributed by atoms with Gasteiger partial charge in [0.25, 0.3) is 0 Å². The number of hydrogen-bond acceptors (Lipinski definition) is 3. The molecular formula is C24H38N2O3S. The van der Waals surface area contributed by atoms with E-state index < -0.39 is 10.0 Å². The van der Waals surface area contributed by atoms with Crippen molar-refractivity contribution in [3.05, 3.63) is 29.8 Å². The van der Waals surface area contributed by atoms with Gasteiger partial charge in [-0.1, -0.05) is 46.8 Å². The Kier molecular flexibility index (Phi) is 6.68. The van der Waals surface area contributed by atoms with Crippen LogP contribution in [0.2, 0.25) is 0 Å². The second-order valence-electron chi connectivity index (χ2n) is 10.4. The molecule has 0 radical (unpaired) electrons. The molecule has 1 aliphatic carbocycles. The summed E-state index contributed by atoms with van der Waals surface area (Å²) in [6, 6.07) is 7.86. The van der Waals surface area contributed by atoms with E-state index in [9.17, 15) is 13.2 Å². The SMILES string of the molecule is CC(C)C(C)N(C(=O)C1CCN(S(=O)(=O)c2ccc(C(C)(C)C)cc2)CC1)C1CC1. The summed E-state index contributed by atoms with van der Waals surface area (Å²) in [6.07, 6.45) is 3.40. The van der Waals surface area contributed by atoms with Gasteiger partial charge in [-0.2, -0.15) is 4.31 Å². The van der Waals surface area contributed by atoms with Gasteiger partial charge in [-0.05, 0) is 61.6 Å². The third-order valence-electron chi connectivity index (χ3n) is 6.76. The number of benzene rings is 1. The Morgan fingerprint density at radius 2 is 1.53 bits per heavy atom. The number of hydrogen-bond donors (Lipinski definition) is 0. The molecule has 0 bridgehead atoms. The number of nitrogens with zero attached hydrogens (tertiary/aromatic N) is 2. The molecule has 1 saturated heterocycles. The lowest BCUT2D eigenvalue weighted by Gasteiger charge is -2.37. The summed E-state index contributed by atoms with van der Waals surface area (Å²) in [5.74, 6) is 0.581. The zero-order valence-electron chi connectivity index (χ0n) is 19.4. The van der Waals surface area contributed by atoms with Crippen LogP contribution in [0.25, 0.3) is 0 Å². The van der Waals surface area contributed by atoms with Crippen LogP contribution >= 0.6 is 0 Å². The van der Waals surface area contributed by atoms with Gasteiger partial charge < -0.3 is 4.90 Å². The molecular weight excluding hydrogens is 396 g/mol. The Balaban J connectivity index is 1.66. The first-order chi connectivity index (χ1) is 13.9. The highest BCUT2D eigenvalue weighted by atomic mass is 32.2. The average molecular weight is 435 g/mol. The van der Waals surface area contributed by atoms with E-state index in [1.807, 2.05) is 12.1 Å². The summed E-state index contributed by atoms with van der Waals surface area (Å²) in [5.41, 5.74) is 1.10. The molecule has 2 aliphatic rings. The van der Waals surface area contributed by atoms with Crippen LogP contribution < -0.4 is 0 Å². The minimum absolute atomic E-state index is 0.0123. The van der Waals surface area contributed by atoms with E-state index in [1.54, 1.807) is 16.4 Å². The quantitative estimate of drug-likeness (QED) is 0.666. The molecule has 1 aliphatic heterocycles. The maximum absolute atomic E-state index is 13.2. The molecule has 6 heteroatoms. The van der Waals surface area contributed by atoms with Crippen LogP contribution in [0.1, 0.15) is 72.8 Å². The molecule has 2 fully saturated rings. The summed E-state index contributed by atoms with van der Waals surface area (Å²) in [5, 5.41) is 0. The van der Waals surface area contributed by atoms with Gasteiger partial charge in [-0.15, -0.1) is 0 Å². The van der Waals surface area contributed by atoms with Crippen LogP contribution in [0.4, 0.5) is 0 Å². The minimum Gasteiger partial charge on any atom is -0.337 e. The third kappa shape index (κ3) is 4.91. The van der Waals surface area contributed by atoms with E-state index in [-0.39, 0.29) is 23.3 Å². The van der Waals surface area contributed by atoms with Gasteiger partial charge in [0.15, 0.2) is 0 Å². The molecule has 5 nitrogen and oxygen atoms in total. The molecule has 1 aromatic rings. The number of carbonyl (C=O) groups excluding carboxylic acids is 1. The lowest BCUT2D eigenvalue weighted by atomic mass is 9.87. The van der Waals surface area contributed by atoms with Gasteiger partial charge in [0.05, 0.1) is 4.90 Å². The fraction of sp³-hybridized carbons (Fsp3) is 0.708. The van der Waals surface area contributed by atoms with Gasteiger partial charge in [0.2, 0.25) is 15.9 Å². The molecule has 30 heavy (non-hydrogen) atoms. The van der Waals surface area contributed by atoms with E-state index in [0.717, 1.165) is 18.4 Å². The van der Waals surface area contributed by atoms with Crippen molar-refractivity contribution in [1.29, 1.82) is 0 Å². The maximum atomic E-state index is 13.2. The van der Waals surface area contributed by atoms with Crippen molar-refractivity contribution in [2.45, 2.75) is 89.6 Å². The minimum atomic E-state index is -3.52. The number of sulfonamides is 1. The Morgan fingerprint density at radius 3 is 1.97 bits per heavy atom. The Bertz CT molecular complexity index is 843. The molecule has 1 atom stereocenters. The summed E-state index contributed by atoms with van der Waals surface area (Å²) in [7, 11) is -3.52. The monoisotopic (exact) mass is 434 g/mol. The van der Waals surface area contributed by atoms with Crippen LogP contribution in [0, 0.1) is 11.8 Å². The normalized spacial score (nSPS) is 20.4. The van der Waals surface area contributed by atoms with Crippen molar-refractivity contribution >= 4 is 15.9 Å². The van der Waals surface area contributed by atoms with Crippen molar-refractivity contribution in [2.24, 2.45) is 11.8 Å². The fourth-order valence-corrected chi connectivity index (χ4v) is 5.69. The van der Waals surface area contributed by atoms with E-state index in [2.05, 4.69) is 46.4 Å². The van der Waals surface area contributed by atoms with Crippen LogP contribution in [0.3, 0.4) is 0 Å². The average Bonchev–Trinajstić information content (AvgIpc) is 3.52. The number of rotatable bonds is 6. The standard InChI is InChI=1S/C24H38N2O3S/c1-17(2)18(3)26(21-9-10-21)23(27)19-13-15-25(16-14-19)30(28,29)22-11-7-20(8-12-22)24(4,5)6/h7-8,11-12,17-19,21H,9-10,13-16H2,1-6H3. The fourth-order valence-electron chi connectivity index (χ4n) is 4.22. The first kappa shape index (κ1) is 23.3. The van der Waals surface area contributed by atoms with Crippen LogP contribution in [0.15, 0.2) is 29.2 Å². The summed E-state index contributed by atoms with van der Waals surface area (Å²) >= 11 is 0. The van der Waals surface area contributed by atoms with Crippen molar-refractivity contribution in [3.63, 3.8) is 0 Å². The lowest BCUT2D eigenvalue weighted by molar-refractivity contribution is -0.140. The summed E-state index contributed by atoms with van der Waals surface area (Å²) in [6.45, 7) is 13.6. The van der Waals surface area contributed by atoms with Gasteiger partial charge in [0, 0.05) is 31.1 Å². The Morgan fingerprint density at radius 1 is 1.00 bits per heavy atom. The molecule has 0 N–H and O–H groups in total. The summed E-state index contributed by atoms with van der Waals surface area (Å²) in [4.78, 5) is 15.7. The molecule has 1 amide bonds. The van der Waals surface area contributed by atoms with Crippen LogP contribution in [0.5, 0.6) is 0 Å². The van der Waals surface area contributed by atoms with Crippen molar-refractivity contribution in [3.8, 4) is 0 Å². The first-order valence-electron chi connectivity index (χ1n) is 11.4. The topological polar surface area (TPSA) is 57.7 Å². The highest BCUT2D eigenvalue weighted by Gasteiger charge is 2.41. The van der Waals surface area contributed by atoms with Crippen molar-refractivity contribution in [2.75, 3.05) is 13.1 Å². The van der Waals surface area contributed by atoms with Gasteiger partial charge in [-0.3, -0.25) is 4.79 Å². The van der Waals surface area contributed by atoms with Gasteiger partial charge >= 0.3 is 0 Å². The van der Waals surface area contributed by atoms with Crippen LogP contribution in [-0.4, -0.2) is 48.7 Å². The molecule has 0 spiro atoms. The second-order valence-corrected chi connectivity index (χ2v) is 12.4. The van der Waals surface area contributed by atoms with Crippen molar-refractivity contribution in [1.82, 2.24) is 9.21 Å². The zero-order valence-corrected chi connectivity index (χ0v) is 20.2. The first-order valence-corrected chi connectivity index (χ1v) is 12.8. The van der Waals surface area contributed by atoms with Gasteiger partial charge in [0.1, 0.15) is 0 Å². The Hall–Kier alpha value is -1.40. The predicted molar refractivity (Wildman–Crippen MR) is 121 cm³/mol. The molecule has 1 heterocycles. The van der Waals surface area contributed by atoms with E-state index in [0.29, 0.717) is 42.8 Å². The molecule has 0 aromatic heterocycles. The largest absolute Gasteiger partial charge is 0.337 e. The van der Waals surface area contributed by atoms with E-state index in [1.165, 1.54) is 0 Å². The third-order valence-corrected chi connectivity index (χ3v) is 8.67. The number of carbonyl (C=O) groups is 1. The van der Waals surface area contributed by atoms with Crippen molar-refractivity contribution < 1.29 is 13.2 Å². The van der Waals surface area contributed by atoms with Crippen LogP contribution in [-0.2, 0) is 20.2 Å². The zero-order chi connectivity index (χ0) is 22.3. The number of piperidine rings is 1. The molecule has 1 aromatic carbocycles. The summed E-state index contributed by atoms with van der Waals surface area (Å²) < 4.78 is 27.8. The highest BCUT2D eigenvalue weighted by Crippen LogP contribution is 2.34. The Labute approximate surface area is 182 Å². The number of amides is 1. The highest BCUT2D eigenvalue weighted by molar-refractivity contribution is 7.89. The molecule has 1 unspecified atom stereocenters. The second kappa shape index (κ2) is 8.62. The lowest BCUT2D eigenvalue weighted by Crippen LogP contribution is -2.49. The van der Waals surface area contributed by atoms with Gasteiger partial charge in [-0.25, -0.2) is 8.42 Å². The smallest absolute Gasteiger partial charge is 0.243 e. The van der Waals surface area contributed by atoms with E-state index >= 15 is 0 Å². The molecule has 1 saturated carbocycles. The molecule has 3 rings (SSSR count).